The first-order chi connectivity index (χ1) is 8.58. The van der Waals surface area contributed by atoms with E-state index in [9.17, 15) is 4.21 Å². The fraction of sp³-hybridized carbons (Fsp3) is 0.333. The van der Waals surface area contributed by atoms with E-state index in [0.717, 1.165) is 11.4 Å². The summed E-state index contributed by atoms with van der Waals surface area (Å²) >= 11 is 5.83. The summed E-state index contributed by atoms with van der Waals surface area (Å²) in [4.78, 5) is 0. The van der Waals surface area contributed by atoms with Crippen LogP contribution in [0, 0.1) is 0 Å². The minimum absolute atomic E-state index is 0.0565. The van der Waals surface area contributed by atoms with Gasteiger partial charge in [0, 0.05) is 22.9 Å². The molecule has 0 saturated heterocycles. The van der Waals surface area contributed by atoms with E-state index in [-0.39, 0.29) is 5.25 Å². The summed E-state index contributed by atoms with van der Waals surface area (Å²) in [5.74, 6) is 1.13. The van der Waals surface area contributed by atoms with Crippen molar-refractivity contribution >= 4 is 22.4 Å². The standard InChI is InChI=1S/C12H14ClN3OS/c1-9(10-3-5-11(13)6-4-10)18(17)7-12-15-14-8-16(12)2/h3-6,8-9H,7H2,1-2H3. The van der Waals surface area contributed by atoms with Gasteiger partial charge in [0.05, 0.1) is 11.0 Å². The molecule has 2 unspecified atom stereocenters. The number of hydrogen-bond acceptors (Lipinski definition) is 3. The van der Waals surface area contributed by atoms with Gasteiger partial charge in [-0.25, -0.2) is 0 Å². The third kappa shape index (κ3) is 2.97. The molecule has 2 atom stereocenters. The second-order valence-electron chi connectivity index (χ2n) is 4.08. The summed E-state index contributed by atoms with van der Waals surface area (Å²) in [7, 11) is 0.818. The van der Waals surface area contributed by atoms with Crippen molar-refractivity contribution in [2.24, 2.45) is 7.05 Å². The molecule has 0 aliphatic carbocycles. The summed E-state index contributed by atoms with van der Waals surface area (Å²) in [5.41, 5.74) is 1.01. The molecule has 0 N–H and O–H groups in total. The van der Waals surface area contributed by atoms with Gasteiger partial charge in [-0.1, -0.05) is 23.7 Å². The lowest BCUT2D eigenvalue weighted by Gasteiger charge is -2.11. The zero-order valence-corrected chi connectivity index (χ0v) is 11.8. The summed E-state index contributed by atoms with van der Waals surface area (Å²) in [6.45, 7) is 1.94. The molecule has 0 fully saturated rings. The highest BCUT2D eigenvalue weighted by molar-refractivity contribution is 7.84. The molecule has 1 aromatic heterocycles. The molecule has 0 aliphatic rings. The SMILES string of the molecule is CC(c1ccc(Cl)cc1)S(=O)Cc1nncn1C. The minimum Gasteiger partial charge on any atom is -0.320 e. The van der Waals surface area contributed by atoms with Crippen molar-refractivity contribution in [3.05, 3.63) is 47.0 Å². The second-order valence-corrected chi connectivity index (χ2v) is 6.27. The Bertz CT molecular complexity index is 553. The molecule has 96 valence electrons. The molecular weight excluding hydrogens is 270 g/mol. The zero-order valence-electron chi connectivity index (χ0n) is 10.2. The molecule has 0 aliphatic heterocycles. The number of benzene rings is 1. The Morgan fingerprint density at radius 1 is 1.39 bits per heavy atom. The minimum atomic E-state index is -1.03. The highest BCUT2D eigenvalue weighted by atomic mass is 35.5. The number of hydrogen-bond donors (Lipinski definition) is 0. The maximum atomic E-state index is 12.2. The van der Waals surface area contributed by atoms with Crippen LogP contribution in [0.4, 0.5) is 0 Å². The third-order valence-corrected chi connectivity index (χ3v) is 4.67. The Labute approximate surface area is 113 Å². The van der Waals surface area contributed by atoms with Crippen molar-refractivity contribution in [1.82, 2.24) is 14.8 Å². The van der Waals surface area contributed by atoms with Crippen LogP contribution in [-0.4, -0.2) is 19.0 Å². The van der Waals surface area contributed by atoms with Gasteiger partial charge in [0.25, 0.3) is 0 Å². The van der Waals surface area contributed by atoms with Crippen molar-refractivity contribution in [1.29, 1.82) is 0 Å². The average Bonchev–Trinajstić information content (AvgIpc) is 2.75. The molecule has 1 aromatic carbocycles. The fourth-order valence-corrected chi connectivity index (χ4v) is 2.93. The Hall–Kier alpha value is -1.20. The maximum absolute atomic E-state index is 12.2. The summed E-state index contributed by atoms with van der Waals surface area (Å²) in [5, 5.41) is 8.35. The first kappa shape index (κ1) is 13.2. The van der Waals surface area contributed by atoms with Gasteiger partial charge >= 0.3 is 0 Å². The lowest BCUT2D eigenvalue weighted by atomic mass is 10.2. The van der Waals surface area contributed by atoms with Crippen LogP contribution in [0.25, 0.3) is 0 Å². The Kier molecular flexibility index (Phi) is 4.14. The van der Waals surface area contributed by atoms with E-state index in [2.05, 4.69) is 10.2 Å². The lowest BCUT2D eigenvalue weighted by molar-refractivity contribution is 0.672. The summed E-state index contributed by atoms with van der Waals surface area (Å²) in [6, 6.07) is 7.43. The van der Waals surface area contributed by atoms with Crippen molar-refractivity contribution in [3.63, 3.8) is 0 Å². The van der Waals surface area contributed by atoms with Gasteiger partial charge < -0.3 is 4.57 Å². The van der Waals surface area contributed by atoms with E-state index in [1.165, 1.54) is 0 Å². The number of rotatable bonds is 4. The van der Waals surface area contributed by atoms with Gasteiger partial charge in [0.15, 0.2) is 0 Å². The van der Waals surface area contributed by atoms with Gasteiger partial charge in [-0.05, 0) is 24.6 Å². The summed E-state index contributed by atoms with van der Waals surface area (Å²) < 4.78 is 14.0. The highest BCUT2D eigenvalue weighted by Gasteiger charge is 2.16. The van der Waals surface area contributed by atoms with E-state index >= 15 is 0 Å². The molecule has 0 bridgehead atoms. The van der Waals surface area contributed by atoms with Gasteiger partial charge in [-0.15, -0.1) is 10.2 Å². The van der Waals surface area contributed by atoms with E-state index < -0.39 is 10.8 Å². The van der Waals surface area contributed by atoms with E-state index in [1.807, 2.05) is 38.2 Å². The van der Waals surface area contributed by atoms with Crippen LogP contribution < -0.4 is 0 Å². The van der Waals surface area contributed by atoms with Crippen molar-refractivity contribution < 1.29 is 4.21 Å². The Morgan fingerprint density at radius 3 is 2.61 bits per heavy atom. The predicted octanol–water partition coefficient (Wildman–Crippen LogP) is 2.48. The van der Waals surface area contributed by atoms with Gasteiger partial charge in [-0.3, -0.25) is 4.21 Å². The monoisotopic (exact) mass is 283 g/mol. The smallest absolute Gasteiger partial charge is 0.145 e. The van der Waals surface area contributed by atoms with E-state index in [1.54, 1.807) is 10.9 Å². The van der Waals surface area contributed by atoms with Crippen LogP contribution in [0.2, 0.25) is 5.02 Å². The van der Waals surface area contributed by atoms with Crippen molar-refractivity contribution in [3.8, 4) is 0 Å². The lowest BCUT2D eigenvalue weighted by Crippen LogP contribution is -2.08. The topological polar surface area (TPSA) is 47.8 Å². The number of halogens is 1. The predicted molar refractivity (Wildman–Crippen MR) is 72.7 cm³/mol. The van der Waals surface area contributed by atoms with Crippen LogP contribution in [0.3, 0.4) is 0 Å². The maximum Gasteiger partial charge on any atom is 0.145 e. The molecule has 1 heterocycles. The van der Waals surface area contributed by atoms with Gasteiger partial charge in [-0.2, -0.15) is 0 Å². The van der Waals surface area contributed by atoms with Crippen LogP contribution in [-0.2, 0) is 23.6 Å². The molecule has 0 amide bonds. The highest BCUT2D eigenvalue weighted by Crippen LogP contribution is 2.22. The Balaban J connectivity index is 2.09. The number of aryl methyl sites for hydroxylation is 1. The van der Waals surface area contributed by atoms with Crippen molar-refractivity contribution in [2.75, 3.05) is 0 Å². The summed E-state index contributed by atoms with van der Waals surface area (Å²) in [6.07, 6.45) is 1.61. The van der Waals surface area contributed by atoms with Crippen LogP contribution in [0.1, 0.15) is 23.6 Å². The van der Waals surface area contributed by atoms with E-state index in [0.29, 0.717) is 10.8 Å². The number of nitrogens with zero attached hydrogens (tertiary/aromatic N) is 3. The van der Waals surface area contributed by atoms with Crippen LogP contribution in [0.5, 0.6) is 0 Å². The molecule has 6 heteroatoms. The Morgan fingerprint density at radius 2 is 2.06 bits per heavy atom. The molecule has 18 heavy (non-hydrogen) atoms. The largest absolute Gasteiger partial charge is 0.320 e. The second kappa shape index (κ2) is 5.63. The third-order valence-electron chi connectivity index (χ3n) is 2.81. The molecular formula is C12H14ClN3OS. The first-order valence-corrected chi connectivity index (χ1v) is 7.29. The van der Waals surface area contributed by atoms with Crippen LogP contribution in [0.15, 0.2) is 30.6 Å². The molecule has 2 rings (SSSR count). The van der Waals surface area contributed by atoms with Gasteiger partial charge in [0.2, 0.25) is 0 Å². The first-order valence-electron chi connectivity index (χ1n) is 5.53. The fourth-order valence-electron chi connectivity index (χ4n) is 1.58. The van der Waals surface area contributed by atoms with Gasteiger partial charge in [0.1, 0.15) is 12.2 Å². The normalized spacial score (nSPS) is 14.4. The van der Waals surface area contributed by atoms with Crippen LogP contribution >= 0.6 is 11.6 Å². The zero-order chi connectivity index (χ0) is 13.1. The quantitative estimate of drug-likeness (QED) is 0.866. The molecule has 0 saturated carbocycles. The van der Waals surface area contributed by atoms with Crippen molar-refractivity contribution in [2.45, 2.75) is 17.9 Å². The molecule has 0 radical (unpaired) electrons. The average molecular weight is 284 g/mol. The van der Waals surface area contributed by atoms with E-state index in [4.69, 9.17) is 11.6 Å². The molecule has 4 nitrogen and oxygen atoms in total. The molecule has 0 spiro atoms. The number of aromatic nitrogens is 3. The molecule has 2 aromatic rings.